The molecule has 4 aromatic rings. The smallest absolute Gasteiger partial charge is 0.336 e. The summed E-state index contributed by atoms with van der Waals surface area (Å²) in [5, 5.41) is 1.46. The number of benzene rings is 3. The molecule has 0 fully saturated rings. The van der Waals surface area contributed by atoms with Gasteiger partial charge in [-0.15, -0.1) is 0 Å². The van der Waals surface area contributed by atoms with E-state index in [0.29, 0.717) is 33.4 Å². The van der Waals surface area contributed by atoms with Crippen LogP contribution in [0.4, 0.5) is 0 Å². The highest BCUT2D eigenvalue weighted by atomic mass is 35.5. The van der Waals surface area contributed by atoms with Gasteiger partial charge in [0.05, 0.1) is 0 Å². The molecule has 4 nitrogen and oxygen atoms in total. The van der Waals surface area contributed by atoms with E-state index in [1.165, 1.54) is 11.6 Å². The van der Waals surface area contributed by atoms with E-state index in [1.807, 2.05) is 13.0 Å². The molecule has 0 amide bonds. The van der Waals surface area contributed by atoms with Gasteiger partial charge in [-0.05, 0) is 84.6 Å². The molecule has 1 aromatic heterocycles. The fraction of sp³-hybridized carbons (Fsp3) is 0.185. The Morgan fingerprint density at radius 1 is 0.969 bits per heavy atom. The van der Waals surface area contributed by atoms with E-state index < -0.39 is 5.63 Å². The fourth-order valence-electron chi connectivity index (χ4n) is 3.76. The third-order valence-corrected chi connectivity index (χ3v) is 5.71. The van der Waals surface area contributed by atoms with Gasteiger partial charge in [0.25, 0.3) is 0 Å². The quantitative estimate of drug-likeness (QED) is 0.244. The second-order valence-electron chi connectivity index (χ2n) is 8.10. The number of ketones is 1. The second-order valence-corrected chi connectivity index (χ2v) is 8.54. The Morgan fingerprint density at radius 2 is 1.59 bits per heavy atom. The van der Waals surface area contributed by atoms with Gasteiger partial charge in [0.15, 0.2) is 5.78 Å². The van der Waals surface area contributed by atoms with E-state index in [4.69, 9.17) is 20.8 Å². The SMILES string of the molecule is Cc1cc2oc(=O)cc(COc3ccc(C(=O)c4ccc(Cl)cc4)cc3)c2cc1C(C)C. The number of hydrogen-bond donors (Lipinski definition) is 0. The Morgan fingerprint density at radius 3 is 2.22 bits per heavy atom. The molecule has 1 heterocycles. The number of ether oxygens (including phenoxy) is 1. The Hall–Kier alpha value is -3.37. The van der Waals surface area contributed by atoms with Gasteiger partial charge in [0.2, 0.25) is 0 Å². The summed E-state index contributed by atoms with van der Waals surface area (Å²) in [6.07, 6.45) is 0. The van der Waals surface area contributed by atoms with Gasteiger partial charge < -0.3 is 9.15 Å². The summed E-state index contributed by atoms with van der Waals surface area (Å²) in [5.41, 5.74) is 4.34. The van der Waals surface area contributed by atoms with Crippen LogP contribution in [0.3, 0.4) is 0 Å². The molecule has 0 aliphatic rings. The van der Waals surface area contributed by atoms with Gasteiger partial charge in [0, 0.05) is 33.2 Å². The number of fused-ring (bicyclic) bond motifs is 1. The average Bonchev–Trinajstić information content (AvgIpc) is 2.77. The lowest BCUT2D eigenvalue weighted by Gasteiger charge is -2.13. The molecule has 0 saturated carbocycles. The van der Waals surface area contributed by atoms with Crippen LogP contribution in [-0.2, 0) is 6.61 Å². The van der Waals surface area contributed by atoms with Gasteiger partial charge in [-0.25, -0.2) is 4.79 Å². The summed E-state index contributed by atoms with van der Waals surface area (Å²) in [4.78, 5) is 24.7. The first kappa shape index (κ1) is 21.8. The molecular weight excluding hydrogens is 424 g/mol. The standard InChI is InChI=1S/C27H23ClO4/c1-16(2)23-14-24-20(13-26(29)32-25(24)12-17(23)3)15-31-22-10-6-19(7-11-22)27(30)18-4-8-21(28)9-5-18/h4-14,16H,15H2,1-3H3. The van der Waals surface area contributed by atoms with E-state index in [9.17, 15) is 9.59 Å². The van der Waals surface area contributed by atoms with Crippen LogP contribution in [0.25, 0.3) is 11.0 Å². The first-order valence-corrected chi connectivity index (χ1v) is 10.8. The lowest BCUT2D eigenvalue weighted by molar-refractivity contribution is 0.103. The van der Waals surface area contributed by atoms with Crippen molar-refractivity contribution in [2.45, 2.75) is 33.3 Å². The number of rotatable bonds is 6. The van der Waals surface area contributed by atoms with E-state index >= 15 is 0 Å². The van der Waals surface area contributed by atoms with E-state index in [0.717, 1.165) is 16.5 Å². The first-order valence-electron chi connectivity index (χ1n) is 10.4. The molecule has 0 bridgehead atoms. The molecule has 0 unspecified atom stereocenters. The zero-order valence-corrected chi connectivity index (χ0v) is 18.9. The molecule has 3 aromatic carbocycles. The molecule has 162 valence electrons. The lowest BCUT2D eigenvalue weighted by atomic mass is 9.95. The molecule has 0 spiro atoms. The van der Waals surface area contributed by atoms with Crippen LogP contribution in [-0.4, -0.2) is 5.78 Å². The summed E-state index contributed by atoms with van der Waals surface area (Å²) in [7, 11) is 0. The van der Waals surface area contributed by atoms with Gasteiger partial charge in [-0.3, -0.25) is 4.79 Å². The van der Waals surface area contributed by atoms with E-state index in [-0.39, 0.29) is 12.4 Å². The van der Waals surface area contributed by atoms with Crippen molar-refractivity contribution in [3.05, 3.63) is 110 Å². The topological polar surface area (TPSA) is 56.5 Å². The maximum Gasteiger partial charge on any atom is 0.336 e. The van der Waals surface area contributed by atoms with Crippen LogP contribution >= 0.6 is 11.6 Å². The maximum atomic E-state index is 12.6. The number of halogens is 1. The predicted molar refractivity (Wildman–Crippen MR) is 127 cm³/mol. The van der Waals surface area contributed by atoms with Crippen molar-refractivity contribution < 1.29 is 13.9 Å². The second kappa shape index (κ2) is 9.01. The molecule has 0 saturated heterocycles. The third-order valence-electron chi connectivity index (χ3n) is 5.46. The number of hydrogen-bond acceptors (Lipinski definition) is 4. The summed E-state index contributed by atoms with van der Waals surface area (Å²) < 4.78 is 11.3. The van der Waals surface area contributed by atoms with Crippen molar-refractivity contribution in [2.75, 3.05) is 0 Å². The lowest BCUT2D eigenvalue weighted by Crippen LogP contribution is -2.05. The van der Waals surface area contributed by atoms with Crippen LogP contribution in [0.5, 0.6) is 5.75 Å². The fourth-order valence-corrected chi connectivity index (χ4v) is 3.89. The van der Waals surface area contributed by atoms with Crippen LogP contribution in [0, 0.1) is 6.92 Å². The Bertz CT molecular complexity index is 1330. The highest BCUT2D eigenvalue weighted by Crippen LogP contribution is 2.27. The van der Waals surface area contributed by atoms with Gasteiger partial charge in [-0.1, -0.05) is 25.4 Å². The Labute approximate surface area is 191 Å². The molecule has 0 aliphatic heterocycles. The Balaban J connectivity index is 1.56. The predicted octanol–water partition coefficient (Wildman–Crippen LogP) is 6.69. The van der Waals surface area contributed by atoms with E-state index in [2.05, 4.69) is 19.9 Å². The molecular formula is C27H23ClO4. The van der Waals surface area contributed by atoms with Crippen molar-refractivity contribution >= 4 is 28.4 Å². The summed E-state index contributed by atoms with van der Waals surface area (Å²) in [6, 6.07) is 19.2. The molecule has 0 atom stereocenters. The largest absolute Gasteiger partial charge is 0.489 e. The number of carbonyl (C=O) groups excluding carboxylic acids is 1. The van der Waals surface area contributed by atoms with Gasteiger partial charge in [0.1, 0.15) is 17.9 Å². The maximum absolute atomic E-state index is 12.6. The van der Waals surface area contributed by atoms with Crippen molar-refractivity contribution in [3.63, 3.8) is 0 Å². The minimum absolute atomic E-state index is 0.0866. The molecule has 5 heteroatoms. The van der Waals surface area contributed by atoms with Crippen LogP contribution < -0.4 is 10.4 Å². The summed E-state index contributed by atoms with van der Waals surface area (Å²) in [6.45, 7) is 6.50. The zero-order valence-electron chi connectivity index (χ0n) is 18.1. The summed E-state index contributed by atoms with van der Waals surface area (Å²) in [5.74, 6) is 0.873. The van der Waals surface area contributed by atoms with Crippen LogP contribution in [0.1, 0.15) is 52.4 Å². The van der Waals surface area contributed by atoms with Gasteiger partial charge in [-0.2, -0.15) is 0 Å². The first-order chi connectivity index (χ1) is 15.3. The monoisotopic (exact) mass is 446 g/mol. The molecule has 0 radical (unpaired) electrons. The van der Waals surface area contributed by atoms with Crippen molar-refractivity contribution in [1.29, 1.82) is 0 Å². The average molecular weight is 447 g/mol. The van der Waals surface area contributed by atoms with Crippen LogP contribution in [0.2, 0.25) is 5.02 Å². The number of carbonyl (C=O) groups is 1. The Kier molecular flexibility index (Phi) is 6.15. The third kappa shape index (κ3) is 4.61. The molecule has 0 aliphatic carbocycles. The van der Waals surface area contributed by atoms with Gasteiger partial charge >= 0.3 is 5.63 Å². The van der Waals surface area contributed by atoms with Crippen molar-refractivity contribution in [1.82, 2.24) is 0 Å². The van der Waals surface area contributed by atoms with Crippen molar-refractivity contribution in [3.8, 4) is 5.75 Å². The number of aryl methyl sites for hydroxylation is 1. The molecule has 32 heavy (non-hydrogen) atoms. The van der Waals surface area contributed by atoms with E-state index in [1.54, 1.807) is 48.5 Å². The normalized spacial score (nSPS) is 11.2. The minimum Gasteiger partial charge on any atom is -0.489 e. The molecule has 4 rings (SSSR count). The summed E-state index contributed by atoms with van der Waals surface area (Å²) >= 11 is 5.89. The zero-order chi connectivity index (χ0) is 22.8. The highest BCUT2D eigenvalue weighted by molar-refractivity contribution is 6.30. The molecule has 0 N–H and O–H groups in total. The van der Waals surface area contributed by atoms with Crippen LogP contribution in [0.15, 0.2) is 75.9 Å². The van der Waals surface area contributed by atoms with Crippen molar-refractivity contribution in [2.24, 2.45) is 0 Å². The minimum atomic E-state index is -0.406. The highest BCUT2D eigenvalue weighted by Gasteiger charge is 2.13.